The third-order valence-corrected chi connectivity index (χ3v) is 4.84. The van der Waals surface area contributed by atoms with Gasteiger partial charge in [0.1, 0.15) is 5.75 Å². The highest BCUT2D eigenvalue weighted by molar-refractivity contribution is 6.30. The van der Waals surface area contributed by atoms with Crippen LogP contribution in [0, 0.1) is 5.92 Å². The number of hydrogen-bond acceptors (Lipinski definition) is 2. The first kappa shape index (κ1) is 16.6. The molecule has 1 aromatic rings. The summed E-state index contributed by atoms with van der Waals surface area (Å²) in [6.45, 7) is 3.12. The highest BCUT2D eigenvalue weighted by Gasteiger charge is 2.19. The van der Waals surface area contributed by atoms with E-state index in [1.807, 2.05) is 12.1 Å². The Kier molecular flexibility index (Phi) is 6.85. The predicted molar refractivity (Wildman–Crippen MR) is 90.2 cm³/mol. The minimum absolute atomic E-state index is 0.338. The van der Waals surface area contributed by atoms with E-state index in [2.05, 4.69) is 18.3 Å². The van der Waals surface area contributed by atoms with E-state index in [9.17, 15) is 0 Å². The summed E-state index contributed by atoms with van der Waals surface area (Å²) in [5, 5.41) is 4.39. The number of rotatable bonds is 7. The minimum Gasteiger partial charge on any atom is -0.496 e. The molecule has 2 rings (SSSR count). The SMILES string of the molecule is CCNC(CCC1CCCCC1)c1cc(Cl)ccc1OC. The molecule has 118 valence electrons. The van der Waals surface area contributed by atoms with Gasteiger partial charge in [0, 0.05) is 16.6 Å². The van der Waals surface area contributed by atoms with Crippen LogP contribution in [0.25, 0.3) is 0 Å². The fourth-order valence-electron chi connectivity index (χ4n) is 3.47. The van der Waals surface area contributed by atoms with Crippen molar-refractivity contribution in [3.05, 3.63) is 28.8 Å². The molecule has 1 unspecified atom stereocenters. The van der Waals surface area contributed by atoms with Gasteiger partial charge in [-0.15, -0.1) is 0 Å². The summed E-state index contributed by atoms with van der Waals surface area (Å²) >= 11 is 6.18. The summed E-state index contributed by atoms with van der Waals surface area (Å²) in [7, 11) is 1.73. The summed E-state index contributed by atoms with van der Waals surface area (Å²) in [6.07, 6.45) is 9.53. The van der Waals surface area contributed by atoms with Gasteiger partial charge in [-0.2, -0.15) is 0 Å². The number of halogens is 1. The number of benzene rings is 1. The average molecular weight is 310 g/mol. The maximum absolute atomic E-state index is 6.18. The lowest BCUT2D eigenvalue weighted by Crippen LogP contribution is -2.22. The topological polar surface area (TPSA) is 21.3 Å². The van der Waals surface area contributed by atoms with Crippen molar-refractivity contribution in [1.29, 1.82) is 0 Å². The van der Waals surface area contributed by atoms with Gasteiger partial charge in [0.15, 0.2) is 0 Å². The van der Waals surface area contributed by atoms with Gasteiger partial charge in [-0.05, 0) is 43.5 Å². The van der Waals surface area contributed by atoms with Crippen LogP contribution in [0.15, 0.2) is 18.2 Å². The first-order valence-electron chi connectivity index (χ1n) is 8.31. The lowest BCUT2D eigenvalue weighted by atomic mass is 9.84. The fourth-order valence-corrected chi connectivity index (χ4v) is 3.65. The van der Waals surface area contributed by atoms with Crippen LogP contribution in [0.4, 0.5) is 0 Å². The zero-order valence-electron chi connectivity index (χ0n) is 13.3. The van der Waals surface area contributed by atoms with Crippen molar-refractivity contribution in [3.63, 3.8) is 0 Å². The maximum atomic E-state index is 6.18. The summed E-state index contributed by atoms with van der Waals surface area (Å²) in [5.74, 6) is 1.85. The second kappa shape index (κ2) is 8.65. The van der Waals surface area contributed by atoms with Gasteiger partial charge < -0.3 is 10.1 Å². The first-order valence-corrected chi connectivity index (χ1v) is 8.69. The van der Waals surface area contributed by atoms with E-state index < -0.39 is 0 Å². The molecule has 3 heteroatoms. The average Bonchev–Trinajstić information content (AvgIpc) is 2.52. The molecule has 1 fully saturated rings. The van der Waals surface area contributed by atoms with Gasteiger partial charge in [-0.25, -0.2) is 0 Å². The molecular formula is C18H28ClNO. The molecule has 1 atom stereocenters. The number of ether oxygens (including phenoxy) is 1. The molecule has 0 bridgehead atoms. The van der Waals surface area contributed by atoms with Gasteiger partial charge in [-0.1, -0.05) is 50.6 Å². The Balaban J connectivity index is 2.05. The van der Waals surface area contributed by atoms with E-state index in [4.69, 9.17) is 16.3 Å². The molecule has 1 N–H and O–H groups in total. The summed E-state index contributed by atoms with van der Waals surface area (Å²) in [4.78, 5) is 0. The quantitative estimate of drug-likeness (QED) is 0.732. The predicted octanol–water partition coefficient (Wildman–Crippen LogP) is 5.36. The van der Waals surface area contributed by atoms with E-state index in [0.717, 1.165) is 29.7 Å². The minimum atomic E-state index is 0.338. The molecule has 1 aliphatic rings. The largest absolute Gasteiger partial charge is 0.496 e. The molecule has 1 aromatic carbocycles. The van der Waals surface area contributed by atoms with Crippen LogP contribution in [-0.2, 0) is 0 Å². The van der Waals surface area contributed by atoms with Crippen LogP contribution in [0.2, 0.25) is 5.02 Å². The Morgan fingerprint density at radius 2 is 2.05 bits per heavy atom. The van der Waals surface area contributed by atoms with Crippen molar-refractivity contribution in [2.24, 2.45) is 5.92 Å². The van der Waals surface area contributed by atoms with E-state index in [1.165, 1.54) is 44.1 Å². The standard InChI is InChI=1S/C18H28ClNO/c1-3-20-17(11-9-14-7-5-4-6-8-14)16-13-15(19)10-12-18(16)21-2/h10,12-14,17,20H,3-9,11H2,1-2H3. The molecule has 2 nitrogen and oxygen atoms in total. The zero-order chi connectivity index (χ0) is 15.1. The Morgan fingerprint density at radius 3 is 2.71 bits per heavy atom. The summed E-state index contributed by atoms with van der Waals surface area (Å²) in [6, 6.07) is 6.26. The molecule has 0 aromatic heterocycles. The van der Waals surface area contributed by atoms with Crippen LogP contribution < -0.4 is 10.1 Å². The Morgan fingerprint density at radius 1 is 1.29 bits per heavy atom. The third kappa shape index (κ3) is 4.89. The van der Waals surface area contributed by atoms with Gasteiger partial charge in [0.05, 0.1) is 7.11 Å². The molecule has 0 heterocycles. The van der Waals surface area contributed by atoms with Gasteiger partial charge in [-0.3, -0.25) is 0 Å². The molecule has 1 saturated carbocycles. The van der Waals surface area contributed by atoms with Crippen LogP contribution in [0.3, 0.4) is 0 Å². The second-order valence-corrected chi connectivity index (χ2v) is 6.51. The molecule has 0 saturated heterocycles. The Hall–Kier alpha value is -0.730. The number of nitrogens with one attached hydrogen (secondary N) is 1. The van der Waals surface area contributed by atoms with Crippen molar-refractivity contribution in [1.82, 2.24) is 5.32 Å². The van der Waals surface area contributed by atoms with E-state index in [1.54, 1.807) is 7.11 Å². The van der Waals surface area contributed by atoms with Gasteiger partial charge in [0.25, 0.3) is 0 Å². The van der Waals surface area contributed by atoms with Crippen molar-refractivity contribution in [2.75, 3.05) is 13.7 Å². The second-order valence-electron chi connectivity index (χ2n) is 6.08. The van der Waals surface area contributed by atoms with E-state index >= 15 is 0 Å². The molecule has 0 spiro atoms. The molecule has 0 aliphatic heterocycles. The Labute approximate surface area is 134 Å². The normalized spacial score (nSPS) is 17.7. The van der Waals surface area contributed by atoms with E-state index in [-0.39, 0.29) is 0 Å². The van der Waals surface area contributed by atoms with Crippen LogP contribution >= 0.6 is 11.6 Å². The van der Waals surface area contributed by atoms with Crippen LogP contribution in [0.5, 0.6) is 5.75 Å². The lowest BCUT2D eigenvalue weighted by Gasteiger charge is -2.26. The molecule has 21 heavy (non-hydrogen) atoms. The monoisotopic (exact) mass is 309 g/mol. The van der Waals surface area contributed by atoms with Crippen molar-refractivity contribution in [3.8, 4) is 5.75 Å². The molecule has 0 radical (unpaired) electrons. The third-order valence-electron chi connectivity index (χ3n) is 4.61. The van der Waals surface area contributed by atoms with Gasteiger partial charge >= 0.3 is 0 Å². The van der Waals surface area contributed by atoms with Gasteiger partial charge in [0.2, 0.25) is 0 Å². The van der Waals surface area contributed by atoms with E-state index in [0.29, 0.717) is 6.04 Å². The first-order chi connectivity index (χ1) is 10.2. The summed E-state index contributed by atoms with van der Waals surface area (Å²) < 4.78 is 5.52. The van der Waals surface area contributed by atoms with Crippen LogP contribution in [0.1, 0.15) is 63.5 Å². The molecule has 0 amide bonds. The van der Waals surface area contributed by atoms with Crippen molar-refractivity contribution >= 4 is 11.6 Å². The van der Waals surface area contributed by atoms with Crippen molar-refractivity contribution < 1.29 is 4.74 Å². The van der Waals surface area contributed by atoms with Crippen LogP contribution in [-0.4, -0.2) is 13.7 Å². The lowest BCUT2D eigenvalue weighted by molar-refractivity contribution is 0.312. The zero-order valence-corrected chi connectivity index (χ0v) is 14.1. The maximum Gasteiger partial charge on any atom is 0.123 e. The highest BCUT2D eigenvalue weighted by Crippen LogP contribution is 2.34. The number of methoxy groups -OCH3 is 1. The smallest absolute Gasteiger partial charge is 0.123 e. The van der Waals surface area contributed by atoms with Crippen molar-refractivity contribution in [2.45, 2.75) is 57.9 Å². The molecule has 1 aliphatic carbocycles. The summed E-state index contributed by atoms with van der Waals surface area (Å²) in [5.41, 5.74) is 1.20. The Bertz CT molecular complexity index is 429. The fraction of sp³-hybridized carbons (Fsp3) is 0.667. The number of hydrogen-bond donors (Lipinski definition) is 1. The highest BCUT2D eigenvalue weighted by atomic mass is 35.5. The molecular weight excluding hydrogens is 282 g/mol.